The fourth-order valence-corrected chi connectivity index (χ4v) is 2.05. The van der Waals surface area contributed by atoms with Crippen LogP contribution in [0.15, 0.2) is 33.2 Å². The molecule has 0 saturated carbocycles. The number of halogens is 3. The van der Waals surface area contributed by atoms with E-state index in [1.165, 1.54) is 18.2 Å². The van der Waals surface area contributed by atoms with Gasteiger partial charge in [-0.15, -0.1) is 0 Å². The van der Waals surface area contributed by atoms with Gasteiger partial charge in [0.25, 0.3) is 0 Å². The van der Waals surface area contributed by atoms with E-state index < -0.39 is 5.82 Å². The number of ether oxygens (including phenoxy) is 1. The molecular formula is C12H7BrClFO3. The van der Waals surface area contributed by atoms with E-state index >= 15 is 0 Å². The third-order valence-corrected chi connectivity index (χ3v) is 3.05. The maximum absolute atomic E-state index is 13.2. The van der Waals surface area contributed by atoms with Gasteiger partial charge < -0.3 is 9.15 Å². The summed E-state index contributed by atoms with van der Waals surface area (Å²) in [6.07, 6.45) is 0.599. The van der Waals surface area contributed by atoms with Crippen LogP contribution in [0, 0.1) is 5.82 Å². The normalized spacial score (nSPS) is 10.4. The predicted octanol–water partition coefficient (Wildman–Crippen LogP) is 4.23. The summed E-state index contributed by atoms with van der Waals surface area (Å²) < 4.78 is 24.3. The highest BCUT2D eigenvalue weighted by Gasteiger charge is 2.09. The van der Waals surface area contributed by atoms with E-state index in [9.17, 15) is 9.18 Å². The lowest BCUT2D eigenvalue weighted by Gasteiger charge is -2.07. The molecule has 0 bridgehead atoms. The third kappa shape index (κ3) is 2.91. The van der Waals surface area contributed by atoms with Crippen molar-refractivity contribution in [3.05, 3.63) is 51.1 Å². The molecule has 6 heteroatoms. The zero-order valence-electron chi connectivity index (χ0n) is 8.95. The van der Waals surface area contributed by atoms with Gasteiger partial charge in [0.1, 0.15) is 23.9 Å². The highest BCUT2D eigenvalue weighted by atomic mass is 79.9. The number of benzene rings is 1. The first-order chi connectivity index (χ1) is 8.60. The van der Waals surface area contributed by atoms with Crippen LogP contribution in [0.5, 0.6) is 5.75 Å². The molecular weight excluding hydrogens is 326 g/mol. The van der Waals surface area contributed by atoms with Crippen LogP contribution in [0.4, 0.5) is 4.39 Å². The topological polar surface area (TPSA) is 39.4 Å². The van der Waals surface area contributed by atoms with E-state index in [1.807, 2.05) is 0 Å². The van der Waals surface area contributed by atoms with Crippen molar-refractivity contribution in [3.63, 3.8) is 0 Å². The van der Waals surface area contributed by atoms with Crippen molar-refractivity contribution in [1.29, 1.82) is 0 Å². The average Bonchev–Trinajstić information content (AvgIpc) is 2.80. The summed E-state index contributed by atoms with van der Waals surface area (Å²) >= 11 is 8.82. The van der Waals surface area contributed by atoms with Crippen molar-refractivity contribution in [2.75, 3.05) is 0 Å². The van der Waals surface area contributed by atoms with Crippen LogP contribution >= 0.6 is 27.5 Å². The highest BCUT2D eigenvalue weighted by Crippen LogP contribution is 2.31. The third-order valence-electron chi connectivity index (χ3n) is 2.14. The van der Waals surface area contributed by atoms with Crippen LogP contribution in [-0.2, 0) is 6.61 Å². The first-order valence-electron chi connectivity index (χ1n) is 4.91. The van der Waals surface area contributed by atoms with Crippen molar-refractivity contribution in [2.24, 2.45) is 0 Å². The molecule has 0 amide bonds. The Morgan fingerprint density at radius 3 is 2.89 bits per heavy atom. The van der Waals surface area contributed by atoms with Crippen LogP contribution < -0.4 is 4.74 Å². The summed E-state index contributed by atoms with van der Waals surface area (Å²) in [7, 11) is 0. The van der Waals surface area contributed by atoms with Gasteiger partial charge in [0.15, 0.2) is 12.0 Å². The van der Waals surface area contributed by atoms with E-state index in [0.29, 0.717) is 22.3 Å². The minimum atomic E-state index is -0.567. The lowest BCUT2D eigenvalue weighted by Crippen LogP contribution is -1.95. The fourth-order valence-electron chi connectivity index (χ4n) is 1.30. The molecule has 1 aromatic heterocycles. The summed E-state index contributed by atoms with van der Waals surface area (Å²) in [4.78, 5) is 10.4. The Balaban J connectivity index is 2.10. The van der Waals surface area contributed by atoms with Gasteiger partial charge in [-0.3, -0.25) is 4.79 Å². The summed E-state index contributed by atoms with van der Waals surface area (Å²) in [6.45, 7) is 0.0908. The molecule has 2 rings (SSSR count). The SMILES string of the molecule is O=Cc1ccc(COc2cc(F)c(Cl)cc2Br)o1. The van der Waals surface area contributed by atoms with Crippen LogP contribution in [0.3, 0.4) is 0 Å². The molecule has 0 saturated heterocycles. The van der Waals surface area contributed by atoms with Gasteiger partial charge in [-0.05, 0) is 34.1 Å². The van der Waals surface area contributed by atoms with Gasteiger partial charge in [0.05, 0.1) is 9.50 Å². The van der Waals surface area contributed by atoms with Gasteiger partial charge >= 0.3 is 0 Å². The number of hydrogen-bond acceptors (Lipinski definition) is 3. The average molecular weight is 334 g/mol. The molecule has 0 fully saturated rings. The highest BCUT2D eigenvalue weighted by molar-refractivity contribution is 9.10. The Labute approximate surface area is 116 Å². The second kappa shape index (κ2) is 5.54. The van der Waals surface area contributed by atoms with Crippen molar-refractivity contribution < 1.29 is 18.3 Å². The predicted molar refractivity (Wildman–Crippen MR) is 67.5 cm³/mol. The molecule has 1 heterocycles. The van der Waals surface area contributed by atoms with Gasteiger partial charge in [0, 0.05) is 6.07 Å². The zero-order valence-corrected chi connectivity index (χ0v) is 11.3. The maximum atomic E-state index is 13.2. The Hall–Kier alpha value is -1.33. The van der Waals surface area contributed by atoms with Crippen LogP contribution in [-0.4, -0.2) is 6.29 Å². The van der Waals surface area contributed by atoms with Gasteiger partial charge in [-0.25, -0.2) is 4.39 Å². The molecule has 0 aliphatic rings. The molecule has 0 aliphatic carbocycles. The zero-order chi connectivity index (χ0) is 13.1. The number of carbonyl (C=O) groups excluding carboxylic acids is 1. The van der Waals surface area contributed by atoms with E-state index in [2.05, 4.69) is 15.9 Å². The van der Waals surface area contributed by atoms with Crippen LogP contribution in [0.25, 0.3) is 0 Å². The first kappa shape index (κ1) is 13.1. The smallest absolute Gasteiger partial charge is 0.185 e. The Bertz CT molecular complexity index is 583. The molecule has 0 radical (unpaired) electrons. The second-order valence-corrected chi connectivity index (χ2v) is 4.67. The molecule has 18 heavy (non-hydrogen) atoms. The standard InChI is InChI=1S/C12H7BrClFO3/c13-9-3-10(14)11(15)4-12(9)17-6-8-2-1-7(5-16)18-8/h1-5H,6H2. The molecule has 0 aliphatic heterocycles. The Kier molecular flexibility index (Phi) is 4.04. The van der Waals surface area contributed by atoms with Gasteiger partial charge in [-0.1, -0.05) is 11.6 Å². The molecule has 0 atom stereocenters. The molecule has 0 N–H and O–H groups in total. The quantitative estimate of drug-likeness (QED) is 0.621. The van der Waals surface area contributed by atoms with E-state index in [-0.39, 0.29) is 17.4 Å². The van der Waals surface area contributed by atoms with Crippen molar-refractivity contribution in [3.8, 4) is 5.75 Å². The van der Waals surface area contributed by atoms with Crippen molar-refractivity contribution >= 4 is 33.8 Å². The van der Waals surface area contributed by atoms with E-state index in [1.54, 1.807) is 6.07 Å². The van der Waals surface area contributed by atoms with E-state index in [4.69, 9.17) is 20.8 Å². The fraction of sp³-hybridized carbons (Fsp3) is 0.0833. The first-order valence-corrected chi connectivity index (χ1v) is 6.08. The van der Waals surface area contributed by atoms with Crippen molar-refractivity contribution in [2.45, 2.75) is 6.61 Å². The molecule has 94 valence electrons. The lowest BCUT2D eigenvalue weighted by molar-refractivity contribution is 0.109. The van der Waals surface area contributed by atoms with Gasteiger partial charge in [0.2, 0.25) is 0 Å². The minimum Gasteiger partial charge on any atom is -0.484 e. The number of aldehydes is 1. The molecule has 1 aromatic carbocycles. The number of furan rings is 1. The maximum Gasteiger partial charge on any atom is 0.185 e. The number of carbonyl (C=O) groups is 1. The minimum absolute atomic E-state index is 0.00969. The van der Waals surface area contributed by atoms with Gasteiger partial charge in [-0.2, -0.15) is 0 Å². The van der Waals surface area contributed by atoms with Crippen molar-refractivity contribution in [1.82, 2.24) is 0 Å². The Morgan fingerprint density at radius 1 is 1.44 bits per heavy atom. The molecule has 0 unspecified atom stereocenters. The summed E-state index contributed by atoms with van der Waals surface area (Å²) in [6, 6.07) is 5.73. The summed E-state index contributed by atoms with van der Waals surface area (Å²) in [5.74, 6) is 0.429. The summed E-state index contributed by atoms with van der Waals surface area (Å²) in [5.41, 5.74) is 0. The molecule has 0 spiro atoms. The molecule has 2 aromatic rings. The largest absolute Gasteiger partial charge is 0.484 e. The summed E-state index contributed by atoms with van der Waals surface area (Å²) in [5, 5.41) is 0.00969. The number of hydrogen-bond donors (Lipinski definition) is 0. The number of rotatable bonds is 4. The monoisotopic (exact) mass is 332 g/mol. The molecule has 3 nitrogen and oxygen atoms in total. The lowest BCUT2D eigenvalue weighted by atomic mass is 10.3. The van der Waals surface area contributed by atoms with E-state index in [0.717, 1.165) is 0 Å². The second-order valence-electron chi connectivity index (χ2n) is 3.41. The Morgan fingerprint density at radius 2 is 2.22 bits per heavy atom. The van der Waals surface area contributed by atoms with Crippen LogP contribution in [0.2, 0.25) is 5.02 Å². The van der Waals surface area contributed by atoms with Crippen LogP contribution in [0.1, 0.15) is 16.3 Å².